The van der Waals surface area contributed by atoms with Gasteiger partial charge in [-0.25, -0.2) is 4.79 Å². The Morgan fingerprint density at radius 2 is 1.95 bits per heavy atom. The molecular formula is C14H26N2O5. The highest BCUT2D eigenvalue weighted by molar-refractivity contribution is 5.75. The Bertz CT molecular complexity index is 351. The lowest BCUT2D eigenvalue weighted by Crippen LogP contribution is -2.54. The van der Waals surface area contributed by atoms with Crippen LogP contribution in [0.25, 0.3) is 0 Å². The molecule has 0 bridgehead atoms. The Morgan fingerprint density at radius 1 is 1.33 bits per heavy atom. The zero-order chi connectivity index (χ0) is 15.9. The summed E-state index contributed by atoms with van der Waals surface area (Å²) >= 11 is 0. The standard InChI is InChI=1S/C14H26N2O5/c1-14(2,10-20-3)15-13(19)16-7-4-11(5-8-16)21-9-6-12(17)18/h11H,4-10H2,1-3H3,(H,15,19)(H,17,18). The number of piperidine rings is 1. The minimum atomic E-state index is -0.854. The van der Waals surface area contributed by atoms with Gasteiger partial charge in [0, 0.05) is 20.2 Å². The van der Waals surface area contributed by atoms with Crippen LogP contribution in [0.5, 0.6) is 0 Å². The zero-order valence-corrected chi connectivity index (χ0v) is 13.1. The van der Waals surface area contributed by atoms with Crippen LogP contribution in [-0.4, -0.2) is 67.1 Å². The van der Waals surface area contributed by atoms with Crippen molar-refractivity contribution in [1.82, 2.24) is 10.2 Å². The number of hydrogen-bond donors (Lipinski definition) is 2. The highest BCUT2D eigenvalue weighted by Gasteiger charge is 2.27. The van der Waals surface area contributed by atoms with Crippen molar-refractivity contribution in [3.8, 4) is 0 Å². The number of amides is 2. The number of nitrogens with zero attached hydrogens (tertiary/aromatic N) is 1. The van der Waals surface area contributed by atoms with Gasteiger partial charge in [-0.2, -0.15) is 0 Å². The molecule has 7 nitrogen and oxygen atoms in total. The van der Waals surface area contributed by atoms with E-state index in [4.69, 9.17) is 14.6 Å². The molecule has 2 N–H and O–H groups in total. The third-order valence-corrected chi connectivity index (χ3v) is 3.35. The third kappa shape index (κ3) is 6.77. The first-order valence-electron chi connectivity index (χ1n) is 7.23. The Balaban J connectivity index is 2.29. The second-order valence-corrected chi connectivity index (χ2v) is 5.95. The number of rotatable bonds is 7. The van der Waals surface area contributed by atoms with Gasteiger partial charge in [0.05, 0.1) is 31.3 Å². The number of carbonyl (C=O) groups is 2. The number of aliphatic carboxylic acids is 1. The minimum absolute atomic E-state index is 0.0197. The van der Waals surface area contributed by atoms with Gasteiger partial charge in [-0.05, 0) is 26.7 Å². The van der Waals surface area contributed by atoms with Crippen molar-refractivity contribution in [3.63, 3.8) is 0 Å². The lowest BCUT2D eigenvalue weighted by atomic mass is 10.1. The summed E-state index contributed by atoms with van der Waals surface area (Å²) in [5, 5.41) is 11.5. The average molecular weight is 302 g/mol. The van der Waals surface area contributed by atoms with Crippen LogP contribution in [0.2, 0.25) is 0 Å². The monoisotopic (exact) mass is 302 g/mol. The maximum atomic E-state index is 12.1. The summed E-state index contributed by atoms with van der Waals surface area (Å²) in [6.07, 6.45) is 1.53. The van der Waals surface area contributed by atoms with Gasteiger partial charge in [-0.3, -0.25) is 4.79 Å². The number of ether oxygens (including phenoxy) is 2. The van der Waals surface area contributed by atoms with Crippen molar-refractivity contribution in [2.75, 3.05) is 33.4 Å². The average Bonchev–Trinajstić information content (AvgIpc) is 2.38. The molecule has 0 atom stereocenters. The molecule has 0 unspecified atom stereocenters. The lowest BCUT2D eigenvalue weighted by molar-refractivity contribution is -0.138. The fraction of sp³-hybridized carbons (Fsp3) is 0.857. The fourth-order valence-electron chi connectivity index (χ4n) is 2.30. The normalized spacial score (nSPS) is 16.8. The molecule has 122 valence electrons. The van der Waals surface area contributed by atoms with Crippen LogP contribution >= 0.6 is 0 Å². The first-order chi connectivity index (χ1) is 9.84. The molecule has 1 aliphatic heterocycles. The van der Waals surface area contributed by atoms with Gasteiger partial charge in [0.15, 0.2) is 0 Å². The van der Waals surface area contributed by atoms with E-state index < -0.39 is 11.5 Å². The second-order valence-electron chi connectivity index (χ2n) is 5.95. The van der Waals surface area contributed by atoms with E-state index in [0.717, 1.165) is 12.8 Å². The number of likely N-dealkylation sites (tertiary alicyclic amines) is 1. The topological polar surface area (TPSA) is 88.1 Å². The van der Waals surface area contributed by atoms with Gasteiger partial charge in [-0.1, -0.05) is 0 Å². The summed E-state index contributed by atoms with van der Waals surface area (Å²) < 4.78 is 10.6. The number of nitrogens with one attached hydrogen (secondary N) is 1. The van der Waals surface area contributed by atoms with E-state index in [1.165, 1.54) is 0 Å². The van der Waals surface area contributed by atoms with Crippen LogP contribution in [0.1, 0.15) is 33.1 Å². The highest BCUT2D eigenvalue weighted by Crippen LogP contribution is 2.15. The Hall–Kier alpha value is -1.34. The molecule has 2 amide bonds. The molecule has 1 fully saturated rings. The fourth-order valence-corrected chi connectivity index (χ4v) is 2.30. The van der Waals surface area contributed by atoms with Gasteiger partial charge in [0.25, 0.3) is 0 Å². The van der Waals surface area contributed by atoms with Gasteiger partial charge >= 0.3 is 12.0 Å². The van der Waals surface area contributed by atoms with Gasteiger partial charge in [-0.15, -0.1) is 0 Å². The van der Waals surface area contributed by atoms with Crippen molar-refractivity contribution in [2.45, 2.75) is 44.8 Å². The zero-order valence-electron chi connectivity index (χ0n) is 13.1. The van der Waals surface area contributed by atoms with Crippen LogP contribution in [0, 0.1) is 0 Å². The van der Waals surface area contributed by atoms with E-state index in [1.807, 2.05) is 13.8 Å². The molecule has 0 spiro atoms. The van der Waals surface area contributed by atoms with E-state index in [0.29, 0.717) is 19.7 Å². The molecule has 0 aromatic rings. The molecule has 21 heavy (non-hydrogen) atoms. The highest BCUT2D eigenvalue weighted by atomic mass is 16.5. The van der Waals surface area contributed by atoms with Crippen molar-refractivity contribution in [2.24, 2.45) is 0 Å². The summed E-state index contributed by atoms with van der Waals surface area (Å²) in [7, 11) is 1.61. The van der Waals surface area contributed by atoms with E-state index in [9.17, 15) is 9.59 Å². The maximum Gasteiger partial charge on any atom is 0.317 e. The predicted octanol–water partition coefficient (Wildman–Crippen LogP) is 1.08. The van der Waals surface area contributed by atoms with Crippen LogP contribution in [0.15, 0.2) is 0 Å². The Labute approximate surface area is 125 Å². The van der Waals surface area contributed by atoms with Crippen LogP contribution in [-0.2, 0) is 14.3 Å². The molecule has 0 aromatic carbocycles. The number of carboxylic acids is 1. The predicted molar refractivity (Wildman–Crippen MR) is 77.3 cm³/mol. The van der Waals surface area contributed by atoms with Crippen molar-refractivity contribution in [1.29, 1.82) is 0 Å². The number of carbonyl (C=O) groups excluding carboxylic acids is 1. The molecule has 1 rings (SSSR count). The molecule has 0 saturated carbocycles. The molecule has 0 aromatic heterocycles. The SMILES string of the molecule is COCC(C)(C)NC(=O)N1CCC(OCCC(=O)O)CC1. The first kappa shape index (κ1) is 17.7. The van der Waals surface area contributed by atoms with E-state index >= 15 is 0 Å². The van der Waals surface area contributed by atoms with E-state index in [2.05, 4.69) is 5.32 Å². The van der Waals surface area contributed by atoms with Crippen LogP contribution in [0.3, 0.4) is 0 Å². The summed E-state index contributed by atoms with van der Waals surface area (Å²) in [6.45, 7) is 5.74. The van der Waals surface area contributed by atoms with Crippen molar-refractivity contribution < 1.29 is 24.2 Å². The minimum Gasteiger partial charge on any atom is -0.481 e. The van der Waals surface area contributed by atoms with Crippen molar-refractivity contribution in [3.05, 3.63) is 0 Å². The smallest absolute Gasteiger partial charge is 0.317 e. The summed E-state index contributed by atoms with van der Waals surface area (Å²) in [4.78, 5) is 24.3. The van der Waals surface area contributed by atoms with Crippen molar-refractivity contribution >= 4 is 12.0 Å². The van der Waals surface area contributed by atoms with E-state index in [-0.39, 0.29) is 25.2 Å². The quantitative estimate of drug-likeness (QED) is 0.734. The maximum absolute atomic E-state index is 12.1. The van der Waals surface area contributed by atoms with Crippen LogP contribution in [0.4, 0.5) is 4.79 Å². The Kier molecular flexibility index (Phi) is 6.91. The van der Waals surface area contributed by atoms with Gasteiger partial charge in [0.1, 0.15) is 0 Å². The number of methoxy groups -OCH3 is 1. The molecule has 1 aliphatic rings. The molecule has 1 heterocycles. The Morgan fingerprint density at radius 3 is 2.48 bits per heavy atom. The molecule has 0 aliphatic carbocycles. The molecule has 7 heteroatoms. The molecule has 0 radical (unpaired) electrons. The largest absolute Gasteiger partial charge is 0.481 e. The molecule has 1 saturated heterocycles. The summed E-state index contributed by atoms with van der Waals surface area (Å²) in [5.74, 6) is -0.854. The number of urea groups is 1. The third-order valence-electron chi connectivity index (χ3n) is 3.35. The summed E-state index contributed by atoms with van der Waals surface area (Å²) in [6, 6.07) is -0.0963. The van der Waals surface area contributed by atoms with Gasteiger partial charge in [0.2, 0.25) is 0 Å². The summed E-state index contributed by atoms with van der Waals surface area (Å²) in [5.41, 5.74) is -0.402. The molecular weight excluding hydrogens is 276 g/mol. The first-order valence-corrected chi connectivity index (χ1v) is 7.23. The van der Waals surface area contributed by atoms with Gasteiger partial charge < -0.3 is 24.8 Å². The number of hydrogen-bond acceptors (Lipinski definition) is 4. The number of carboxylic acid groups (broad SMARTS) is 1. The lowest BCUT2D eigenvalue weighted by Gasteiger charge is -2.35. The van der Waals surface area contributed by atoms with Crippen LogP contribution < -0.4 is 5.32 Å². The second kappa shape index (κ2) is 8.19. The van der Waals surface area contributed by atoms with E-state index in [1.54, 1.807) is 12.0 Å².